The van der Waals surface area contributed by atoms with E-state index in [2.05, 4.69) is 39.3 Å². The zero-order chi connectivity index (χ0) is 8.31. The van der Waals surface area contributed by atoms with E-state index in [1.807, 2.05) is 0 Å². The van der Waals surface area contributed by atoms with Gasteiger partial charge in [0.2, 0.25) is 0 Å². The zero-order valence-corrected chi connectivity index (χ0v) is 16.7. The topological polar surface area (TPSA) is 0 Å². The Hall–Kier alpha value is 1.75. The van der Waals surface area contributed by atoms with Crippen LogP contribution < -0.4 is 0 Å². The van der Waals surface area contributed by atoms with Gasteiger partial charge in [0.1, 0.15) is 0 Å². The molecule has 12 heavy (non-hydrogen) atoms. The first-order chi connectivity index (χ1) is 4.46. The maximum absolute atomic E-state index is 2.58. The average molecular weight is 312 g/mol. The molecule has 0 aliphatic heterocycles. The predicted octanol–water partition coefficient (Wildman–Crippen LogP) is 1.62. The van der Waals surface area contributed by atoms with Crippen LogP contribution in [0.15, 0.2) is 0 Å². The summed E-state index contributed by atoms with van der Waals surface area (Å²) in [5, 5.41) is 0. The van der Waals surface area contributed by atoms with Gasteiger partial charge in [-0.1, -0.05) is 39.3 Å². The molecule has 0 nitrogen and oxygen atoms in total. The van der Waals surface area contributed by atoms with Crippen LogP contribution in [-0.4, -0.2) is 32.3 Å². The Kier molecular flexibility index (Phi) is 15.0. The molecule has 0 rings (SSSR count). The fourth-order valence-electron chi connectivity index (χ4n) is 2.00. The van der Waals surface area contributed by atoms with Crippen molar-refractivity contribution in [3.63, 3.8) is 0 Å². The first kappa shape index (κ1) is 19.3. The van der Waals surface area contributed by atoms with Crippen LogP contribution in [0.25, 0.3) is 0 Å². The molecule has 0 aromatic rings. The minimum atomic E-state index is -0.176. The van der Waals surface area contributed by atoms with Crippen molar-refractivity contribution in [2.75, 3.05) is 0 Å². The summed E-state index contributed by atoms with van der Waals surface area (Å²) in [4.78, 5) is 0. The second kappa shape index (κ2) is 9.31. The smallest absolute Gasteiger partial charge is 0.0169 e. The van der Waals surface area contributed by atoms with Gasteiger partial charge in [0.05, 0.1) is 0 Å². The minimum absolute atomic E-state index is 0. The second-order valence-electron chi connectivity index (χ2n) is 3.96. The van der Waals surface area contributed by atoms with Gasteiger partial charge in [0, 0.05) is 58.5 Å². The summed E-state index contributed by atoms with van der Waals surface area (Å²) in [6.45, 7) is 15.5. The Labute approximate surface area is 104 Å². The fourth-order valence-corrected chi connectivity index (χ4v) is 54.0. The van der Waals surface area contributed by atoms with Crippen molar-refractivity contribution < 1.29 is 26.2 Å². The van der Waals surface area contributed by atoms with E-state index in [1.165, 1.54) is 0 Å². The molecule has 0 spiro atoms. The van der Waals surface area contributed by atoms with E-state index in [-0.39, 0.29) is 58.6 Å². The normalized spacial score (nSPS) is 10.5. The molecule has 0 unspecified atom stereocenters. The molecule has 0 saturated heterocycles. The third-order valence-corrected chi connectivity index (χ3v) is 54.0. The van der Waals surface area contributed by atoms with Crippen LogP contribution in [0.1, 0.15) is 0 Å². The predicted molar refractivity (Wildman–Crippen MR) is 68.8 cm³/mol. The van der Waals surface area contributed by atoms with Crippen LogP contribution in [0.3, 0.4) is 0 Å². The SMILES string of the molecule is C[SiH](C)[Si]([SiH](C)C)[SiH](C)C.[CH3-].[Zr]. The molecular weight excluding hydrogens is 288 g/mol. The first-order valence-electron chi connectivity index (χ1n) is 4.33. The van der Waals surface area contributed by atoms with Crippen molar-refractivity contribution in [1.82, 2.24) is 0 Å². The molecule has 73 valence electrons. The van der Waals surface area contributed by atoms with Crippen LogP contribution in [-0.2, 0) is 26.2 Å². The Morgan fingerprint density at radius 1 is 0.667 bits per heavy atom. The summed E-state index contributed by atoms with van der Waals surface area (Å²) in [6, 6.07) is 0. The molecule has 0 aromatic heterocycles. The van der Waals surface area contributed by atoms with Gasteiger partial charge < -0.3 is 7.43 Å². The van der Waals surface area contributed by atoms with Gasteiger partial charge >= 0.3 is 0 Å². The van der Waals surface area contributed by atoms with E-state index in [0.29, 0.717) is 7.35 Å². The molecule has 0 atom stereocenters. The van der Waals surface area contributed by atoms with Crippen LogP contribution in [0.2, 0.25) is 39.3 Å². The molecule has 0 aromatic carbocycles. The van der Waals surface area contributed by atoms with Gasteiger partial charge in [-0.3, -0.25) is 0 Å². The van der Waals surface area contributed by atoms with Gasteiger partial charge in [0.15, 0.2) is 0 Å². The van der Waals surface area contributed by atoms with Crippen LogP contribution in [0.4, 0.5) is 0 Å². The molecular formula is C7H24Si4Zr-. The summed E-state index contributed by atoms with van der Waals surface area (Å²) in [5.74, 6) is 0. The third kappa shape index (κ3) is 7.18. The standard InChI is InChI=1S/C6H21Si4.CH3.Zr/c1-7(2)10(8(3)4)9(5)6;;/h7-9H,1-6H3;1H3;/q;-1;. The molecule has 0 fully saturated rings. The number of hydrogen-bond donors (Lipinski definition) is 0. The Morgan fingerprint density at radius 2 is 0.833 bits per heavy atom. The summed E-state index contributed by atoms with van der Waals surface area (Å²) in [7, 11) is -0.207. The van der Waals surface area contributed by atoms with E-state index in [0.717, 1.165) is 0 Å². The monoisotopic (exact) mass is 310 g/mol. The van der Waals surface area contributed by atoms with Gasteiger partial charge in [-0.2, -0.15) is 0 Å². The average Bonchev–Trinajstić information content (AvgIpc) is 1.59. The summed E-state index contributed by atoms with van der Waals surface area (Å²) in [5.41, 5.74) is 0. The second-order valence-corrected chi connectivity index (χ2v) is 34.3. The van der Waals surface area contributed by atoms with Crippen molar-refractivity contribution in [2.45, 2.75) is 39.3 Å². The van der Waals surface area contributed by atoms with Crippen LogP contribution >= 0.6 is 0 Å². The molecule has 0 amide bonds. The number of rotatable bonds is 3. The van der Waals surface area contributed by atoms with Crippen molar-refractivity contribution in [1.29, 1.82) is 0 Å². The van der Waals surface area contributed by atoms with E-state index >= 15 is 0 Å². The maximum Gasteiger partial charge on any atom is 0.0169 e. The van der Waals surface area contributed by atoms with E-state index < -0.39 is 0 Å². The third-order valence-electron chi connectivity index (χ3n) is 2.00. The fraction of sp³-hybridized carbons (Fsp3) is 0.857. The van der Waals surface area contributed by atoms with E-state index in [9.17, 15) is 0 Å². The van der Waals surface area contributed by atoms with Crippen molar-refractivity contribution >= 4 is 32.3 Å². The van der Waals surface area contributed by atoms with Gasteiger partial charge in [-0.15, -0.1) is 0 Å². The Balaban J connectivity index is -0.000000405. The molecule has 0 aliphatic carbocycles. The summed E-state index contributed by atoms with van der Waals surface area (Å²) >= 11 is 0. The van der Waals surface area contributed by atoms with Crippen molar-refractivity contribution in [3.05, 3.63) is 7.43 Å². The summed E-state index contributed by atoms with van der Waals surface area (Å²) < 4.78 is 0. The van der Waals surface area contributed by atoms with Crippen LogP contribution in [0.5, 0.6) is 0 Å². The van der Waals surface area contributed by atoms with E-state index in [1.54, 1.807) is 0 Å². The minimum Gasteiger partial charge on any atom is -0.358 e. The van der Waals surface area contributed by atoms with Gasteiger partial charge in [0.25, 0.3) is 0 Å². The van der Waals surface area contributed by atoms with Crippen LogP contribution in [0, 0.1) is 7.43 Å². The molecule has 0 saturated carbocycles. The summed E-state index contributed by atoms with van der Waals surface area (Å²) in [6.07, 6.45) is 0. The molecule has 0 aliphatic rings. The largest absolute Gasteiger partial charge is 0.358 e. The van der Waals surface area contributed by atoms with Crippen molar-refractivity contribution in [3.8, 4) is 0 Å². The molecule has 1 radical (unpaired) electrons. The molecule has 0 bridgehead atoms. The molecule has 0 heterocycles. The van der Waals surface area contributed by atoms with Gasteiger partial charge in [-0.05, 0) is 0 Å². The molecule has 0 N–H and O–H groups in total. The molecule has 5 heteroatoms. The first-order valence-corrected chi connectivity index (χ1v) is 18.2. The number of hydrogen-bond acceptors (Lipinski definition) is 0. The quantitative estimate of drug-likeness (QED) is 0.549. The van der Waals surface area contributed by atoms with Crippen molar-refractivity contribution in [2.24, 2.45) is 0 Å². The maximum atomic E-state index is 2.58. The van der Waals surface area contributed by atoms with Gasteiger partial charge in [-0.25, -0.2) is 0 Å². The van der Waals surface area contributed by atoms with E-state index in [4.69, 9.17) is 0 Å². The Morgan fingerprint density at radius 3 is 0.833 bits per heavy atom. The Bertz CT molecular complexity index is 76.4. The zero-order valence-electron chi connectivity index (χ0n) is 9.73.